The summed E-state index contributed by atoms with van der Waals surface area (Å²) >= 11 is 0. The highest BCUT2D eigenvalue weighted by Crippen LogP contribution is 2.58. The lowest BCUT2D eigenvalue weighted by atomic mass is 9.67. The Morgan fingerprint density at radius 3 is 1.52 bits per heavy atom. The highest BCUT2D eigenvalue weighted by Gasteiger charge is 2.46. The van der Waals surface area contributed by atoms with Crippen molar-refractivity contribution in [1.29, 1.82) is 0 Å². The Morgan fingerprint density at radius 1 is 0.352 bits per heavy atom. The molecule has 344 valence electrons. The van der Waals surface area contributed by atoms with Gasteiger partial charge in [0.2, 0.25) is 0 Å². The molecule has 1 heterocycles. The third-order valence-corrected chi connectivity index (χ3v) is 14.9. The maximum Gasteiger partial charge on any atom is 0.143 e. The van der Waals surface area contributed by atoms with Crippen LogP contribution in [0.3, 0.4) is 0 Å². The molecule has 0 bridgehead atoms. The Balaban J connectivity index is 1.08. The van der Waals surface area contributed by atoms with E-state index in [2.05, 4.69) is 277 Å². The lowest BCUT2D eigenvalue weighted by Crippen LogP contribution is -2.29. The van der Waals surface area contributed by atoms with Gasteiger partial charge in [-0.2, -0.15) is 0 Å². The van der Waals surface area contributed by atoms with Crippen LogP contribution in [0.25, 0.3) is 66.4 Å². The number of para-hydroxylation sites is 3. The van der Waals surface area contributed by atoms with E-state index in [-0.39, 0.29) is 10.8 Å². The van der Waals surface area contributed by atoms with Crippen LogP contribution in [0.1, 0.15) is 74.9 Å². The van der Waals surface area contributed by atoms with Crippen molar-refractivity contribution in [2.75, 3.05) is 4.90 Å². The van der Waals surface area contributed by atoms with Crippen LogP contribution in [-0.2, 0) is 16.2 Å². The molecule has 71 heavy (non-hydrogen) atoms. The van der Waals surface area contributed by atoms with Crippen LogP contribution in [0.2, 0.25) is 0 Å². The van der Waals surface area contributed by atoms with Crippen molar-refractivity contribution >= 4 is 39.0 Å². The molecule has 1 aliphatic carbocycles. The Hall–Kier alpha value is -8.20. The van der Waals surface area contributed by atoms with Crippen molar-refractivity contribution in [2.24, 2.45) is 0 Å². The van der Waals surface area contributed by atoms with Gasteiger partial charge in [0.05, 0.1) is 11.1 Å². The number of benzene rings is 10. The third kappa shape index (κ3) is 7.49. The predicted octanol–water partition coefficient (Wildman–Crippen LogP) is 19.0. The third-order valence-electron chi connectivity index (χ3n) is 14.9. The second-order valence-corrected chi connectivity index (χ2v) is 21.3. The number of furan rings is 1. The van der Waals surface area contributed by atoms with Gasteiger partial charge >= 0.3 is 0 Å². The van der Waals surface area contributed by atoms with Crippen molar-refractivity contribution < 1.29 is 4.42 Å². The number of fused-ring (bicyclic) bond motifs is 6. The van der Waals surface area contributed by atoms with Gasteiger partial charge in [0, 0.05) is 33.3 Å². The van der Waals surface area contributed by atoms with Crippen molar-refractivity contribution in [3.8, 4) is 44.5 Å². The first kappa shape index (κ1) is 44.0. The maximum absolute atomic E-state index is 6.55. The van der Waals surface area contributed by atoms with Crippen molar-refractivity contribution in [2.45, 2.75) is 57.8 Å². The number of nitrogens with zero attached hydrogens (tertiary/aromatic N) is 1. The van der Waals surface area contributed by atoms with Gasteiger partial charge in [-0.1, -0.05) is 242 Å². The summed E-state index contributed by atoms with van der Waals surface area (Å²) in [5.74, 6) is 0. The summed E-state index contributed by atoms with van der Waals surface area (Å²) < 4.78 is 6.55. The van der Waals surface area contributed by atoms with E-state index >= 15 is 0 Å². The molecule has 2 nitrogen and oxygen atoms in total. The Labute approximate surface area is 418 Å². The van der Waals surface area contributed by atoms with Gasteiger partial charge in [0.1, 0.15) is 11.2 Å². The Kier molecular flexibility index (Phi) is 10.6. The molecule has 2 heteroatoms. The minimum Gasteiger partial charge on any atom is -0.455 e. The smallest absolute Gasteiger partial charge is 0.143 e. The second kappa shape index (κ2) is 17.0. The van der Waals surface area contributed by atoms with Crippen LogP contribution in [0, 0.1) is 0 Å². The second-order valence-electron chi connectivity index (χ2n) is 21.3. The van der Waals surface area contributed by atoms with E-state index in [1.807, 2.05) is 6.07 Å². The highest BCUT2D eigenvalue weighted by atomic mass is 16.3. The number of hydrogen-bond donors (Lipinski definition) is 0. The summed E-state index contributed by atoms with van der Waals surface area (Å²) in [5.41, 5.74) is 21.6. The largest absolute Gasteiger partial charge is 0.455 e. The summed E-state index contributed by atoms with van der Waals surface area (Å²) in [6, 6.07) is 87.6. The minimum absolute atomic E-state index is 0.0165. The van der Waals surface area contributed by atoms with Gasteiger partial charge in [-0.15, -0.1) is 0 Å². The van der Waals surface area contributed by atoms with Gasteiger partial charge in [0.15, 0.2) is 0 Å². The first-order valence-electron chi connectivity index (χ1n) is 25.0. The molecule has 1 aromatic heterocycles. The SMILES string of the molecule is CC(C)(C)c1ccc(C2(c3ccc(C(C)(C)C)cc3)c3ccccc3-c3ccc(N(c4ccc(-c5cccc6c5oc5ccccc56)cc4)c4ccccc4-c4ccc(-c5ccccc5)cc4)cc32)cc1. The zero-order valence-corrected chi connectivity index (χ0v) is 41.4. The molecule has 12 rings (SSSR count). The lowest BCUT2D eigenvalue weighted by molar-refractivity contribution is 0.588. The molecule has 0 amide bonds. The average Bonchev–Trinajstić information content (AvgIpc) is 3.93. The van der Waals surface area contributed by atoms with Crippen LogP contribution >= 0.6 is 0 Å². The van der Waals surface area contributed by atoms with Gasteiger partial charge in [-0.3, -0.25) is 0 Å². The summed E-state index contributed by atoms with van der Waals surface area (Å²) in [6.07, 6.45) is 0. The van der Waals surface area contributed by atoms with E-state index in [9.17, 15) is 0 Å². The zero-order valence-electron chi connectivity index (χ0n) is 41.4. The van der Waals surface area contributed by atoms with E-state index < -0.39 is 5.41 Å². The van der Waals surface area contributed by atoms with E-state index in [4.69, 9.17) is 4.42 Å². The van der Waals surface area contributed by atoms with Gasteiger partial charge in [-0.05, 0) is 114 Å². The van der Waals surface area contributed by atoms with Crippen molar-refractivity contribution in [3.63, 3.8) is 0 Å². The first-order valence-corrected chi connectivity index (χ1v) is 25.0. The van der Waals surface area contributed by atoms with Crippen LogP contribution < -0.4 is 4.90 Å². The van der Waals surface area contributed by atoms with E-state index in [1.54, 1.807) is 0 Å². The molecule has 1 aliphatic rings. The Bertz CT molecular complexity index is 3670. The van der Waals surface area contributed by atoms with Crippen LogP contribution in [-0.4, -0.2) is 0 Å². The predicted molar refractivity (Wildman–Crippen MR) is 299 cm³/mol. The standard InChI is InChI=1S/C69H57NO/c1-67(2,3)50-33-37-52(38-34-50)69(53-39-35-51(36-40-53)68(4,5)6)62-24-13-10-20-58(62)59-44-43-55(45-63(59)69)70(64-25-14-11-19-56(64)48-29-27-47(28-30-48)46-17-8-7-9-18-46)54-41-31-49(32-42-54)57-22-16-23-61-60-21-12-15-26-65(60)71-66(57)61/h7-45H,1-6H3. The van der Waals surface area contributed by atoms with Gasteiger partial charge in [0.25, 0.3) is 0 Å². The fourth-order valence-corrected chi connectivity index (χ4v) is 11.2. The maximum atomic E-state index is 6.55. The molecule has 0 saturated carbocycles. The molecule has 0 N–H and O–H groups in total. The molecule has 0 radical (unpaired) electrons. The van der Waals surface area contributed by atoms with Gasteiger partial charge < -0.3 is 9.32 Å². The normalized spacial score (nSPS) is 13.0. The first-order chi connectivity index (χ1) is 34.5. The lowest BCUT2D eigenvalue weighted by Gasteiger charge is -2.36. The number of anilines is 3. The summed E-state index contributed by atoms with van der Waals surface area (Å²) in [6.45, 7) is 13.8. The number of rotatable bonds is 8. The molecular weight excluding hydrogens is 859 g/mol. The fraction of sp³-hybridized carbons (Fsp3) is 0.130. The van der Waals surface area contributed by atoms with Crippen LogP contribution in [0.15, 0.2) is 241 Å². The summed E-state index contributed by atoms with van der Waals surface area (Å²) in [4.78, 5) is 2.46. The highest BCUT2D eigenvalue weighted by molar-refractivity contribution is 6.09. The molecule has 0 unspecified atom stereocenters. The number of hydrogen-bond acceptors (Lipinski definition) is 2. The topological polar surface area (TPSA) is 16.4 Å². The molecule has 0 saturated heterocycles. The fourth-order valence-electron chi connectivity index (χ4n) is 11.2. The summed E-state index contributed by atoms with van der Waals surface area (Å²) in [5, 5.41) is 2.26. The molecule has 0 aliphatic heterocycles. The molecule has 0 atom stereocenters. The monoisotopic (exact) mass is 915 g/mol. The van der Waals surface area contributed by atoms with Crippen molar-refractivity contribution in [1.82, 2.24) is 0 Å². The molecule has 10 aromatic carbocycles. The minimum atomic E-state index is -0.595. The van der Waals surface area contributed by atoms with Crippen LogP contribution in [0.5, 0.6) is 0 Å². The molecule has 11 aromatic rings. The van der Waals surface area contributed by atoms with Gasteiger partial charge in [-0.25, -0.2) is 0 Å². The average molecular weight is 916 g/mol. The molecule has 0 fully saturated rings. The Morgan fingerprint density at radius 2 is 0.845 bits per heavy atom. The quantitative estimate of drug-likeness (QED) is 0.151. The zero-order chi connectivity index (χ0) is 48.5. The van der Waals surface area contributed by atoms with Crippen LogP contribution in [0.4, 0.5) is 17.1 Å². The molecule has 0 spiro atoms. The van der Waals surface area contributed by atoms with Crippen molar-refractivity contribution in [3.05, 3.63) is 270 Å². The van der Waals surface area contributed by atoms with E-state index in [0.29, 0.717) is 0 Å². The van der Waals surface area contributed by atoms with E-state index in [1.165, 1.54) is 55.6 Å². The summed E-state index contributed by atoms with van der Waals surface area (Å²) in [7, 11) is 0. The molecular formula is C69H57NO. The van der Waals surface area contributed by atoms with E-state index in [0.717, 1.165) is 61.3 Å².